The number of hydrogen-bond acceptors (Lipinski definition) is 5. The molecule has 0 aromatic rings. The minimum atomic E-state index is -0.481. The third-order valence-corrected chi connectivity index (χ3v) is 2.66. The van der Waals surface area contributed by atoms with E-state index in [0.717, 1.165) is 12.8 Å². The highest BCUT2D eigenvalue weighted by Gasteiger charge is 2.38. The lowest BCUT2D eigenvalue weighted by Gasteiger charge is -2.36. The SMILES string of the molecule is CCCC1OCCC(OC(C)=O)C1OC(C)=O. The summed E-state index contributed by atoms with van der Waals surface area (Å²) in [6.07, 6.45) is 1.23. The van der Waals surface area contributed by atoms with Crippen molar-refractivity contribution < 1.29 is 23.8 Å². The Morgan fingerprint density at radius 1 is 1.24 bits per heavy atom. The zero-order valence-electron chi connectivity index (χ0n) is 10.6. The van der Waals surface area contributed by atoms with Crippen molar-refractivity contribution in [2.45, 2.75) is 58.3 Å². The standard InChI is InChI=1S/C12H20O5/c1-4-5-10-12(17-9(3)14)11(6-7-15-10)16-8(2)13/h10-12H,4-7H2,1-3H3. The average molecular weight is 244 g/mol. The molecule has 0 aromatic heterocycles. The largest absolute Gasteiger partial charge is 0.458 e. The lowest BCUT2D eigenvalue weighted by atomic mass is 9.98. The number of ether oxygens (including phenoxy) is 3. The molecule has 5 heteroatoms. The van der Waals surface area contributed by atoms with Crippen LogP contribution >= 0.6 is 0 Å². The summed E-state index contributed by atoms with van der Waals surface area (Å²) in [6.45, 7) is 5.27. The van der Waals surface area contributed by atoms with Crippen molar-refractivity contribution in [3.8, 4) is 0 Å². The fraction of sp³-hybridized carbons (Fsp3) is 0.833. The second-order valence-electron chi connectivity index (χ2n) is 4.21. The highest BCUT2D eigenvalue weighted by atomic mass is 16.6. The van der Waals surface area contributed by atoms with Gasteiger partial charge >= 0.3 is 11.9 Å². The van der Waals surface area contributed by atoms with Gasteiger partial charge in [-0.05, 0) is 6.42 Å². The van der Waals surface area contributed by atoms with Crippen LogP contribution in [-0.2, 0) is 23.8 Å². The number of esters is 2. The molecule has 0 N–H and O–H groups in total. The van der Waals surface area contributed by atoms with Crippen LogP contribution in [0, 0.1) is 0 Å². The summed E-state index contributed by atoms with van der Waals surface area (Å²) in [7, 11) is 0. The summed E-state index contributed by atoms with van der Waals surface area (Å²) in [4.78, 5) is 22.1. The Hall–Kier alpha value is -1.10. The molecule has 1 fully saturated rings. The minimum absolute atomic E-state index is 0.179. The van der Waals surface area contributed by atoms with Crippen LogP contribution in [0.2, 0.25) is 0 Å². The lowest BCUT2D eigenvalue weighted by molar-refractivity contribution is -0.194. The highest BCUT2D eigenvalue weighted by molar-refractivity contribution is 5.67. The molecule has 3 atom stereocenters. The van der Waals surface area contributed by atoms with E-state index in [1.807, 2.05) is 6.92 Å². The Morgan fingerprint density at radius 3 is 2.41 bits per heavy atom. The molecule has 0 spiro atoms. The smallest absolute Gasteiger partial charge is 0.303 e. The van der Waals surface area contributed by atoms with Crippen molar-refractivity contribution in [2.75, 3.05) is 6.61 Å². The van der Waals surface area contributed by atoms with E-state index in [-0.39, 0.29) is 24.1 Å². The van der Waals surface area contributed by atoms with E-state index in [1.54, 1.807) is 0 Å². The zero-order chi connectivity index (χ0) is 12.8. The van der Waals surface area contributed by atoms with Gasteiger partial charge in [0.15, 0.2) is 6.10 Å². The van der Waals surface area contributed by atoms with Gasteiger partial charge < -0.3 is 14.2 Å². The van der Waals surface area contributed by atoms with E-state index in [4.69, 9.17) is 14.2 Å². The Kier molecular flexibility index (Phi) is 5.41. The fourth-order valence-electron chi connectivity index (χ4n) is 2.05. The number of carbonyl (C=O) groups is 2. The van der Waals surface area contributed by atoms with Gasteiger partial charge in [-0.25, -0.2) is 0 Å². The van der Waals surface area contributed by atoms with E-state index in [9.17, 15) is 9.59 Å². The molecule has 0 aliphatic carbocycles. The van der Waals surface area contributed by atoms with Gasteiger partial charge in [0.1, 0.15) is 6.10 Å². The molecular weight excluding hydrogens is 224 g/mol. The monoisotopic (exact) mass is 244 g/mol. The molecule has 1 heterocycles. The summed E-state index contributed by atoms with van der Waals surface area (Å²) in [5.41, 5.74) is 0. The highest BCUT2D eigenvalue weighted by Crippen LogP contribution is 2.24. The normalized spacial score (nSPS) is 28.5. The molecule has 5 nitrogen and oxygen atoms in total. The van der Waals surface area contributed by atoms with E-state index >= 15 is 0 Å². The lowest BCUT2D eigenvalue weighted by Crippen LogP contribution is -2.48. The van der Waals surface area contributed by atoms with Gasteiger partial charge in [0, 0.05) is 20.3 Å². The Balaban J connectivity index is 2.70. The van der Waals surface area contributed by atoms with Crippen molar-refractivity contribution >= 4 is 11.9 Å². The predicted molar refractivity (Wildman–Crippen MR) is 60.4 cm³/mol. The van der Waals surface area contributed by atoms with Crippen LogP contribution in [0.4, 0.5) is 0 Å². The second-order valence-corrected chi connectivity index (χ2v) is 4.21. The first-order valence-electron chi connectivity index (χ1n) is 6.00. The topological polar surface area (TPSA) is 61.8 Å². The summed E-state index contributed by atoms with van der Waals surface area (Å²) in [6, 6.07) is 0. The Bertz CT molecular complexity index is 274. The summed E-state index contributed by atoms with van der Waals surface area (Å²) >= 11 is 0. The minimum Gasteiger partial charge on any atom is -0.458 e. The molecule has 1 rings (SSSR count). The van der Waals surface area contributed by atoms with Crippen LogP contribution < -0.4 is 0 Å². The second kappa shape index (κ2) is 6.59. The molecular formula is C12H20O5. The molecule has 1 aliphatic heterocycles. The molecule has 0 saturated carbocycles. The van der Waals surface area contributed by atoms with E-state index < -0.39 is 6.10 Å². The number of carbonyl (C=O) groups excluding carboxylic acids is 2. The molecule has 17 heavy (non-hydrogen) atoms. The first kappa shape index (κ1) is 14.0. The summed E-state index contributed by atoms with van der Waals surface area (Å²) in [5, 5.41) is 0. The van der Waals surface area contributed by atoms with Crippen LogP contribution in [0.15, 0.2) is 0 Å². The molecule has 98 valence electrons. The number of rotatable bonds is 4. The Labute approximate surface area is 101 Å². The fourth-order valence-corrected chi connectivity index (χ4v) is 2.05. The maximum absolute atomic E-state index is 11.1. The summed E-state index contributed by atoms with van der Waals surface area (Å²) < 4.78 is 16.0. The van der Waals surface area contributed by atoms with Crippen LogP contribution in [0.5, 0.6) is 0 Å². The van der Waals surface area contributed by atoms with Crippen molar-refractivity contribution in [3.63, 3.8) is 0 Å². The third kappa shape index (κ3) is 4.34. The maximum Gasteiger partial charge on any atom is 0.303 e. The van der Waals surface area contributed by atoms with Crippen molar-refractivity contribution in [1.29, 1.82) is 0 Å². The Morgan fingerprint density at radius 2 is 1.88 bits per heavy atom. The van der Waals surface area contributed by atoms with E-state index in [1.165, 1.54) is 13.8 Å². The third-order valence-electron chi connectivity index (χ3n) is 2.66. The molecule has 1 aliphatic rings. The van der Waals surface area contributed by atoms with Gasteiger partial charge in [0.2, 0.25) is 0 Å². The molecule has 3 unspecified atom stereocenters. The molecule has 0 radical (unpaired) electrons. The molecule has 0 amide bonds. The van der Waals surface area contributed by atoms with Crippen molar-refractivity contribution in [2.24, 2.45) is 0 Å². The molecule has 1 saturated heterocycles. The average Bonchev–Trinajstić information content (AvgIpc) is 2.21. The van der Waals surface area contributed by atoms with Crippen LogP contribution in [0.1, 0.15) is 40.0 Å². The van der Waals surface area contributed by atoms with Gasteiger partial charge in [-0.2, -0.15) is 0 Å². The van der Waals surface area contributed by atoms with Crippen LogP contribution in [-0.4, -0.2) is 36.9 Å². The molecule has 0 bridgehead atoms. The van der Waals surface area contributed by atoms with Gasteiger partial charge in [-0.15, -0.1) is 0 Å². The quantitative estimate of drug-likeness (QED) is 0.700. The van der Waals surface area contributed by atoms with Crippen molar-refractivity contribution in [3.05, 3.63) is 0 Å². The van der Waals surface area contributed by atoms with Gasteiger partial charge in [-0.1, -0.05) is 13.3 Å². The van der Waals surface area contributed by atoms with Crippen molar-refractivity contribution in [1.82, 2.24) is 0 Å². The molecule has 0 aromatic carbocycles. The number of hydrogen-bond donors (Lipinski definition) is 0. The van der Waals surface area contributed by atoms with Gasteiger partial charge in [0.05, 0.1) is 12.7 Å². The first-order valence-corrected chi connectivity index (χ1v) is 6.00. The predicted octanol–water partition coefficient (Wildman–Crippen LogP) is 1.44. The maximum atomic E-state index is 11.1. The first-order chi connectivity index (χ1) is 8.04. The van der Waals surface area contributed by atoms with E-state index in [0.29, 0.717) is 13.0 Å². The van der Waals surface area contributed by atoms with Crippen LogP contribution in [0.25, 0.3) is 0 Å². The van der Waals surface area contributed by atoms with Gasteiger partial charge in [0.25, 0.3) is 0 Å². The zero-order valence-corrected chi connectivity index (χ0v) is 10.6. The van der Waals surface area contributed by atoms with Gasteiger partial charge in [-0.3, -0.25) is 9.59 Å². The van der Waals surface area contributed by atoms with Crippen LogP contribution in [0.3, 0.4) is 0 Å². The van der Waals surface area contributed by atoms with E-state index in [2.05, 4.69) is 0 Å². The summed E-state index contributed by atoms with van der Waals surface area (Å²) in [5.74, 6) is -0.733.